The summed E-state index contributed by atoms with van der Waals surface area (Å²) >= 11 is 0. The van der Waals surface area contributed by atoms with Gasteiger partial charge in [0.15, 0.2) is 17.4 Å². The van der Waals surface area contributed by atoms with Gasteiger partial charge in [-0.3, -0.25) is 0 Å². The maximum absolute atomic E-state index is 0. The van der Waals surface area contributed by atoms with Crippen LogP contribution in [0.4, 0.5) is 0 Å². The van der Waals surface area contributed by atoms with Crippen molar-refractivity contribution in [1.29, 1.82) is 0 Å². The first-order valence-electron chi connectivity index (χ1n) is 0. The molecule has 0 saturated heterocycles. The Morgan fingerprint density at radius 3 is 1.00 bits per heavy atom. The van der Waals surface area contributed by atoms with Gasteiger partial charge in [0.1, 0.15) is 0 Å². The van der Waals surface area contributed by atoms with Crippen LogP contribution in [0.3, 0.4) is 0 Å². The van der Waals surface area contributed by atoms with E-state index < -0.39 is 0 Å². The van der Waals surface area contributed by atoms with Gasteiger partial charge in [0.05, 0.1) is 8.41 Å². The smallest absolute Gasteiger partial charge is 0.0149 e. The van der Waals surface area contributed by atoms with Gasteiger partial charge in [0.2, 0.25) is 0 Å². The van der Waals surface area contributed by atoms with Crippen LogP contribution in [0.15, 0.2) is 0 Å². The second-order valence-electron chi connectivity index (χ2n) is 0. The summed E-state index contributed by atoms with van der Waals surface area (Å²) in [4.78, 5) is 0. The summed E-state index contributed by atoms with van der Waals surface area (Å²) in [7, 11) is 0. The van der Waals surface area contributed by atoms with E-state index in [9.17, 15) is 0 Å². The summed E-state index contributed by atoms with van der Waals surface area (Å²) in [6.07, 6.45) is 0. The molecule has 0 spiro atoms. The van der Waals surface area contributed by atoms with E-state index >= 15 is 0 Å². The van der Waals surface area contributed by atoms with Crippen LogP contribution < -0.4 is 0 Å². The molecule has 0 atom stereocenters. The first-order chi connectivity index (χ1) is 0. The normalized spacial score (nSPS) is 0. The van der Waals surface area contributed by atoms with Crippen LogP contribution in [0.25, 0.3) is 0 Å². The minimum absolute atomic E-state index is 0. The van der Waals surface area contributed by atoms with Gasteiger partial charge in [-0.05, 0) is 11.0 Å². The average Bonchev–Trinajstić information content (AvgIpc) is 0. The Kier molecular flexibility index (Phi) is 243. The van der Waals surface area contributed by atoms with E-state index in [1.54, 1.807) is 0 Å². The van der Waals surface area contributed by atoms with E-state index in [-0.39, 0.29) is 62.9 Å². The minimum Gasteiger partial charge on any atom is -0.0149 e. The van der Waals surface area contributed by atoms with Gasteiger partial charge in [-0.25, -0.2) is 0 Å². The molecule has 0 aliphatic carbocycles. The zero-order valence-corrected chi connectivity index (χ0v) is 6.20. The zero-order valence-electron chi connectivity index (χ0n) is 0.707. The average molecular weight is 288 g/mol. The van der Waals surface area contributed by atoms with Crippen LogP contribution in [-0.4, -0.2) is 62.9 Å². The maximum Gasteiger partial charge on any atom is -0.0149 e. The fraction of sp³-hybridized carbons (Fsp3) is 0. The quantitative estimate of drug-likeness (QED) is 0.392. The summed E-state index contributed by atoms with van der Waals surface area (Å²) in [5, 5.41) is 0. The molecular weight excluding hydrogens is 275 g/mol. The SMILES string of the molecule is B.[AlH3].[BiH3].[SiH4]. The zero-order chi connectivity index (χ0) is 0. The Hall–Kier alpha value is 1.70. The third kappa shape index (κ3) is 9.34. The predicted octanol–water partition coefficient (Wildman–Crippen LogP) is -5.00. The van der Waals surface area contributed by atoms with Crippen LogP contribution >= 0.6 is 0 Å². The summed E-state index contributed by atoms with van der Waals surface area (Å²) in [5.74, 6) is 0. The van der Waals surface area contributed by atoms with Gasteiger partial charge < -0.3 is 0 Å². The number of hydrogen-bond donors (Lipinski definition) is 0. The molecule has 0 nitrogen and oxygen atoms in total. The van der Waals surface area contributed by atoms with Crippen molar-refractivity contribution in [2.45, 2.75) is 0 Å². The van der Waals surface area contributed by atoms with Crippen molar-refractivity contribution in [3.8, 4) is 0 Å². The Labute approximate surface area is 62.6 Å². The molecule has 0 N–H and O–H groups in total. The van der Waals surface area contributed by atoms with Crippen molar-refractivity contribution >= 4 is 62.9 Å². The molecule has 0 rings (SSSR count). The molecule has 0 aliphatic heterocycles. The summed E-state index contributed by atoms with van der Waals surface area (Å²) in [6.45, 7) is 0. The molecule has 0 fully saturated rings. The predicted molar refractivity (Wildman–Crippen MR) is 41.2 cm³/mol. The number of hydrogen-bond acceptors (Lipinski definition) is 0. The molecule has 0 heterocycles. The van der Waals surface area contributed by atoms with E-state index in [0.29, 0.717) is 0 Å². The van der Waals surface area contributed by atoms with Crippen molar-refractivity contribution in [2.75, 3.05) is 0 Å². The van der Waals surface area contributed by atoms with Crippen LogP contribution in [0.5, 0.6) is 0 Å². The molecule has 0 radical (unpaired) electrons. The van der Waals surface area contributed by atoms with E-state index in [1.165, 1.54) is 0 Å². The first-order valence-corrected chi connectivity index (χ1v) is 0. The summed E-state index contributed by atoms with van der Waals surface area (Å²) in [5.41, 5.74) is 0. The Balaban J connectivity index is 0. The first kappa shape index (κ1) is 43.6. The largest absolute Gasteiger partial charge is 0.0149 e. The Morgan fingerprint density at radius 2 is 1.00 bits per heavy atom. The van der Waals surface area contributed by atoms with E-state index in [1.807, 2.05) is 0 Å². The van der Waals surface area contributed by atoms with Crippen LogP contribution in [0.2, 0.25) is 0 Å². The standard InChI is InChI=1S/Al.BH3.Bi.H4Si.6H/h;1H3;;1H4;;;;;;. The second-order valence-corrected chi connectivity index (χ2v) is 0. The van der Waals surface area contributed by atoms with Crippen molar-refractivity contribution in [1.82, 2.24) is 0 Å². The molecule has 4 heavy (non-hydrogen) atoms. The molecule has 0 aromatic heterocycles. The Morgan fingerprint density at radius 1 is 1.00 bits per heavy atom. The van der Waals surface area contributed by atoms with Crippen LogP contribution in [0.1, 0.15) is 0 Å². The molecule has 0 amide bonds. The van der Waals surface area contributed by atoms with Gasteiger partial charge in [0.25, 0.3) is 0 Å². The van der Waals surface area contributed by atoms with E-state index in [4.69, 9.17) is 0 Å². The molecule has 0 aromatic rings. The molecule has 4 heteroatoms. The third-order valence-corrected chi connectivity index (χ3v) is 0. The van der Waals surface area contributed by atoms with Crippen molar-refractivity contribution in [3.63, 3.8) is 0 Å². The molecular formula is H13AlBBiSi. The van der Waals surface area contributed by atoms with Crippen LogP contribution in [0, 0.1) is 0 Å². The molecule has 0 aliphatic rings. The van der Waals surface area contributed by atoms with Gasteiger partial charge in [0, 0.05) is 0 Å². The fourth-order valence-corrected chi connectivity index (χ4v) is 0. The molecule has 28 valence electrons. The summed E-state index contributed by atoms with van der Waals surface area (Å²) < 4.78 is 0. The third-order valence-electron chi connectivity index (χ3n) is 0. The second kappa shape index (κ2) is 22.3. The molecule has 0 unspecified atom stereocenters. The van der Waals surface area contributed by atoms with E-state index in [2.05, 4.69) is 0 Å². The molecule has 0 saturated carbocycles. The Bertz CT molecular complexity index is 8.00. The number of rotatable bonds is 0. The van der Waals surface area contributed by atoms with Gasteiger partial charge in [-0.1, -0.05) is 0 Å². The summed E-state index contributed by atoms with van der Waals surface area (Å²) in [6, 6.07) is 0. The van der Waals surface area contributed by atoms with E-state index in [0.717, 1.165) is 0 Å². The van der Waals surface area contributed by atoms with Crippen LogP contribution in [-0.2, 0) is 0 Å². The molecule has 0 aromatic carbocycles. The van der Waals surface area contributed by atoms with Gasteiger partial charge in [-0.15, -0.1) is 0 Å². The van der Waals surface area contributed by atoms with Crippen molar-refractivity contribution in [3.05, 3.63) is 0 Å². The van der Waals surface area contributed by atoms with Crippen molar-refractivity contribution in [2.24, 2.45) is 0 Å². The monoisotopic (exact) mass is 288 g/mol. The van der Waals surface area contributed by atoms with Gasteiger partial charge in [-0.2, -0.15) is 0 Å². The minimum atomic E-state index is 0. The topological polar surface area (TPSA) is 0 Å². The van der Waals surface area contributed by atoms with Crippen molar-refractivity contribution < 1.29 is 0 Å². The molecule has 0 bridgehead atoms. The van der Waals surface area contributed by atoms with Gasteiger partial charge >= 0.3 is 26.2 Å². The maximum atomic E-state index is 0. The fourth-order valence-electron chi connectivity index (χ4n) is 0.